The normalized spacial score (nSPS) is 11.0. The number of nitrogens with zero attached hydrogens (tertiary/aromatic N) is 2. The van der Waals surface area contributed by atoms with Crippen LogP contribution in [-0.4, -0.2) is 24.1 Å². The molecule has 3 nitrogen and oxygen atoms in total. The number of aromatic nitrogens is 1. The number of hydrazine groups is 1. The Hall–Kier alpha value is -1.13. The monoisotopic (exact) mass is 193 g/mol. The predicted octanol–water partition coefficient (Wildman–Crippen LogP) is 2.18. The van der Waals surface area contributed by atoms with Crippen LogP contribution in [0.3, 0.4) is 0 Å². The zero-order valence-electron chi connectivity index (χ0n) is 7.61. The SMILES string of the molecule is CN(C)Nc1nc2ccccc2s1. The summed E-state index contributed by atoms with van der Waals surface area (Å²) >= 11 is 1.66. The fourth-order valence-electron chi connectivity index (χ4n) is 1.11. The first kappa shape index (κ1) is 8.47. The van der Waals surface area contributed by atoms with E-state index in [1.165, 1.54) is 4.70 Å². The van der Waals surface area contributed by atoms with Gasteiger partial charge in [0.15, 0.2) is 5.13 Å². The lowest BCUT2D eigenvalue weighted by Gasteiger charge is -2.08. The summed E-state index contributed by atoms with van der Waals surface area (Å²) in [5.74, 6) is 0. The highest BCUT2D eigenvalue weighted by Crippen LogP contribution is 2.25. The average Bonchev–Trinajstić information content (AvgIpc) is 2.44. The zero-order valence-corrected chi connectivity index (χ0v) is 8.43. The van der Waals surface area contributed by atoms with Crippen LogP contribution in [0.25, 0.3) is 10.2 Å². The van der Waals surface area contributed by atoms with E-state index in [2.05, 4.69) is 16.5 Å². The van der Waals surface area contributed by atoms with Crippen LogP contribution < -0.4 is 5.43 Å². The lowest BCUT2D eigenvalue weighted by atomic mass is 10.3. The molecule has 68 valence electrons. The van der Waals surface area contributed by atoms with Gasteiger partial charge in [-0.05, 0) is 12.1 Å². The second-order valence-corrected chi connectivity index (χ2v) is 4.02. The van der Waals surface area contributed by atoms with E-state index in [0.29, 0.717) is 0 Å². The summed E-state index contributed by atoms with van der Waals surface area (Å²) in [6.07, 6.45) is 0. The number of benzene rings is 1. The molecule has 0 amide bonds. The summed E-state index contributed by atoms with van der Waals surface area (Å²) in [5, 5.41) is 2.82. The van der Waals surface area contributed by atoms with E-state index in [0.717, 1.165) is 10.6 Å². The molecule has 4 heteroatoms. The average molecular weight is 193 g/mol. The number of fused-ring (bicyclic) bond motifs is 1. The summed E-state index contributed by atoms with van der Waals surface area (Å²) in [6, 6.07) is 8.13. The van der Waals surface area contributed by atoms with Crippen molar-refractivity contribution in [3.63, 3.8) is 0 Å². The maximum Gasteiger partial charge on any atom is 0.198 e. The van der Waals surface area contributed by atoms with Crippen LogP contribution in [0.15, 0.2) is 24.3 Å². The first-order valence-corrected chi connectivity index (χ1v) is 4.87. The van der Waals surface area contributed by atoms with Crippen molar-refractivity contribution in [2.24, 2.45) is 0 Å². The molecule has 1 heterocycles. The maximum absolute atomic E-state index is 4.42. The highest BCUT2D eigenvalue weighted by Gasteiger charge is 2.01. The van der Waals surface area contributed by atoms with E-state index in [9.17, 15) is 0 Å². The minimum absolute atomic E-state index is 0.936. The molecule has 0 fully saturated rings. The summed E-state index contributed by atoms with van der Waals surface area (Å²) in [7, 11) is 3.90. The third-order valence-corrected chi connectivity index (χ3v) is 2.55. The number of anilines is 1. The molecule has 2 aromatic rings. The van der Waals surface area contributed by atoms with E-state index < -0.39 is 0 Å². The van der Waals surface area contributed by atoms with Gasteiger partial charge < -0.3 is 0 Å². The van der Waals surface area contributed by atoms with Crippen LogP contribution in [0.4, 0.5) is 5.13 Å². The third kappa shape index (κ3) is 1.79. The number of thiazole rings is 1. The minimum Gasteiger partial charge on any atom is -0.295 e. The molecule has 0 radical (unpaired) electrons. The van der Waals surface area contributed by atoms with Crippen LogP contribution in [0.1, 0.15) is 0 Å². The zero-order chi connectivity index (χ0) is 9.26. The Morgan fingerprint density at radius 3 is 2.77 bits per heavy atom. The molecule has 0 bridgehead atoms. The summed E-state index contributed by atoms with van der Waals surface area (Å²) < 4.78 is 1.21. The molecule has 0 aliphatic rings. The standard InChI is InChI=1S/C9H11N3S/c1-12(2)11-9-10-7-5-3-4-6-8(7)13-9/h3-6H,1-2H3,(H,10,11). The Labute approximate surface area is 81.0 Å². The Morgan fingerprint density at radius 1 is 1.31 bits per heavy atom. The lowest BCUT2D eigenvalue weighted by Crippen LogP contribution is -2.19. The molecule has 0 aliphatic carbocycles. The first-order valence-electron chi connectivity index (χ1n) is 4.05. The number of hydrogen-bond donors (Lipinski definition) is 1. The molecule has 0 atom stereocenters. The lowest BCUT2D eigenvalue weighted by molar-refractivity contribution is 0.495. The minimum atomic E-state index is 0.936. The molecule has 1 aromatic carbocycles. The summed E-state index contributed by atoms with van der Waals surface area (Å²) in [4.78, 5) is 4.42. The van der Waals surface area contributed by atoms with Gasteiger partial charge in [-0.2, -0.15) is 0 Å². The molecule has 1 aromatic heterocycles. The van der Waals surface area contributed by atoms with Crippen LogP contribution in [0.2, 0.25) is 0 Å². The quantitative estimate of drug-likeness (QED) is 0.741. The Bertz CT molecular complexity index is 375. The number of hydrogen-bond acceptors (Lipinski definition) is 4. The molecule has 2 rings (SSSR count). The van der Waals surface area contributed by atoms with E-state index in [1.54, 1.807) is 11.3 Å². The molecule has 0 unspecified atom stereocenters. The smallest absolute Gasteiger partial charge is 0.198 e. The second-order valence-electron chi connectivity index (χ2n) is 2.99. The van der Waals surface area contributed by atoms with Gasteiger partial charge in [0.25, 0.3) is 0 Å². The predicted molar refractivity (Wildman–Crippen MR) is 56.9 cm³/mol. The number of nitrogens with one attached hydrogen (secondary N) is 1. The van der Waals surface area contributed by atoms with Crippen molar-refractivity contribution in [2.45, 2.75) is 0 Å². The number of rotatable bonds is 2. The van der Waals surface area contributed by atoms with Crippen LogP contribution in [0.5, 0.6) is 0 Å². The van der Waals surface area contributed by atoms with Gasteiger partial charge in [0, 0.05) is 14.1 Å². The topological polar surface area (TPSA) is 28.2 Å². The third-order valence-electron chi connectivity index (χ3n) is 1.61. The summed E-state index contributed by atoms with van der Waals surface area (Å²) in [5.41, 5.74) is 4.19. The van der Waals surface area contributed by atoms with E-state index >= 15 is 0 Å². The van der Waals surface area contributed by atoms with Gasteiger partial charge in [0.1, 0.15) is 0 Å². The molecule has 0 saturated heterocycles. The molecule has 1 N–H and O–H groups in total. The molecular weight excluding hydrogens is 182 g/mol. The van der Waals surface area contributed by atoms with E-state index in [-0.39, 0.29) is 0 Å². The molecule has 0 aliphatic heterocycles. The fourth-order valence-corrected chi connectivity index (χ4v) is 2.06. The van der Waals surface area contributed by atoms with Crippen LogP contribution in [-0.2, 0) is 0 Å². The molecule has 13 heavy (non-hydrogen) atoms. The van der Waals surface area contributed by atoms with Gasteiger partial charge in [-0.25, -0.2) is 9.99 Å². The van der Waals surface area contributed by atoms with Crippen molar-refractivity contribution < 1.29 is 0 Å². The van der Waals surface area contributed by atoms with Crippen molar-refractivity contribution in [3.05, 3.63) is 24.3 Å². The van der Waals surface area contributed by atoms with Gasteiger partial charge in [-0.15, -0.1) is 0 Å². The molecule has 0 saturated carbocycles. The summed E-state index contributed by atoms with van der Waals surface area (Å²) in [6.45, 7) is 0. The van der Waals surface area contributed by atoms with Crippen molar-refractivity contribution in [1.82, 2.24) is 9.99 Å². The van der Waals surface area contributed by atoms with E-state index in [4.69, 9.17) is 0 Å². The van der Waals surface area contributed by atoms with E-state index in [1.807, 2.05) is 37.3 Å². The van der Waals surface area contributed by atoms with Gasteiger partial charge in [-0.3, -0.25) is 5.43 Å². The maximum atomic E-state index is 4.42. The Balaban J connectivity index is 2.38. The second kappa shape index (κ2) is 3.32. The van der Waals surface area contributed by atoms with Crippen LogP contribution in [0, 0.1) is 0 Å². The van der Waals surface area contributed by atoms with Crippen molar-refractivity contribution in [1.29, 1.82) is 0 Å². The van der Waals surface area contributed by atoms with Crippen molar-refractivity contribution in [2.75, 3.05) is 19.5 Å². The highest BCUT2D eigenvalue weighted by molar-refractivity contribution is 7.22. The molecular formula is C9H11N3S. The van der Waals surface area contributed by atoms with Crippen molar-refractivity contribution >= 4 is 26.7 Å². The highest BCUT2D eigenvalue weighted by atomic mass is 32.1. The van der Waals surface area contributed by atoms with Gasteiger partial charge in [0.05, 0.1) is 10.2 Å². The molecule has 0 spiro atoms. The van der Waals surface area contributed by atoms with Gasteiger partial charge in [-0.1, -0.05) is 23.5 Å². The van der Waals surface area contributed by atoms with Gasteiger partial charge in [0.2, 0.25) is 0 Å². The van der Waals surface area contributed by atoms with Crippen molar-refractivity contribution in [3.8, 4) is 0 Å². The van der Waals surface area contributed by atoms with Crippen LogP contribution >= 0.6 is 11.3 Å². The van der Waals surface area contributed by atoms with Gasteiger partial charge >= 0.3 is 0 Å². The fraction of sp³-hybridized carbons (Fsp3) is 0.222. The Morgan fingerprint density at radius 2 is 2.08 bits per heavy atom. The Kier molecular flexibility index (Phi) is 2.16. The first-order chi connectivity index (χ1) is 6.25. The number of para-hydroxylation sites is 1. The largest absolute Gasteiger partial charge is 0.295 e.